The third-order valence-corrected chi connectivity index (χ3v) is 5.65. The second kappa shape index (κ2) is 8.56. The Morgan fingerprint density at radius 3 is 2.55 bits per heavy atom. The number of fused-ring (bicyclic) bond motifs is 1. The van der Waals surface area contributed by atoms with Crippen LogP contribution in [0.5, 0.6) is 11.5 Å². The molecule has 1 fully saturated rings. The van der Waals surface area contributed by atoms with Crippen LogP contribution in [0.15, 0.2) is 53.1 Å². The van der Waals surface area contributed by atoms with Crippen LogP contribution in [0.1, 0.15) is 5.89 Å². The van der Waals surface area contributed by atoms with Crippen molar-refractivity contribution in [3.8, 4) is 22.9 Å². The zero-order chi connectivity index (χ0) is 21.2. The number of carbonyl (C=O) groups is 1. The van der Waals surface area contributed by atoms with Crippen LogP contribution in [0.25, 0.3) is 11.4 Å². The molecule has 0 aliphatic carbocycles. The van der Waals surface area contributed by atoms with Crippen molar-refractivity contribution < 1.29 is 18.8 Å². The number of piperazine rings is 1. The summed E-state index contributed by atoms with van der Waals surface area (Å²) in [6, 6.07) is 14.7. The van der Waals surface area contributed by atoms with E-state index < -0.39 is 6.10 Å². The van der Waals surface area contributed by atoms with Gasteiger partial charge in [0.25, 0.3) is 5.91 Å². The Morgan fingerprint density at radius 2 is 1.77 bits per heavy atom. The number of ether oxygens (including phenoxy) is 2. The summed E-state index contributed by atoms with van der Waals surface area (Å²) < 4.78 is 16.9. The van der Waals surface area contributed by atoms with Gasteiger partial charge in [-0.15, -0.1) is 0 Å². The Kier molecular flexibility index (Phi) is 5.48. The minimum absolute atomic E-state index is 0.0445. The molecule has 31 heavy (non-hydrogen) atoms. The minimum atomic E-state index is -0.612. The van der Waals surface area contributed by atoms with E-state index in [0.29, 0.717) is 61.0 Å². The summed E-state index contributed by atoms with van der Waals surface area (Å²) in [7, 11) is 0. The number of hydrogen-bond donors (Lipinski definition) is 0. The lowest BCUT2D eigenvalue weighted by Gasteiger charge is -2.36. The highest BCUT2D eigenvalue weighted by Crippen LogP contribution is 2.31. The molecule has 3 heterocycles. The minimum Gasteiger partial charge on any atom is -0.485 e. The van der Waals surface area contributed by atoms with Gasteiger partial charge in [-0.05, 0) is 36.4 Å². The molecule has 0 bridgehead atoms. The molecule has 160 valence electrons. The topological polar surface area (TPSA) is 80.9 Å². The third-order valence-electron chi connectivity index (χ3n) is 5.40. The van der Waals surface area contributed by atoms with E-state index >= 15 is 0 Å². The van der Waals surface area contributed by atoms with Crippen LogP contribution in [0, 0.1) is 0 Å². The zero-order valence-electron chi connectivity index (χ0n) is 16.7. The molecule has 1 aromatic heterocycles. The van der Waals surface area contributed by atoms with Gasteiger partial charge >= 0.3 is 0 Å². The second-order valence-corrected chi connectivity index (χ2v) is 7.92. The summed E-state index contributed by atoms with van der Waals surface area (Å²) in [5.74, 6) is 2.32. The number of aromatic nitrogens is 2. The first-order valence-corrected chi connectivity index (χ1v) is 10.5. The zero-order valence-corrected chi connectivity index (χ0v) is 17.5. The van der Waals surface area contributed by atoms with Crippen molar-refractivity contribution in [1.82, 2.24) is 19.9 Å². The van der Waals surface area contributed by atoms with E-state index in [4.69, 9.17) is 25.6 Å². The van der Waals surface area contributed by atoms with Crippen LogP contribution in [-0.2, 0) is 11.3 Å². The largest absolute Gasteiger partial charge is 0.485 e. The van der Waals surface area contributed by atoms with Crippen LogP contribution in [0.2, 0.25) is 5.02 Å². The summed E-state index contributed by atoms with van der Waals surface area (Å²) in [4.78, 5) is 21.4. The smallest absolute Gasteiger partial charge is 0.267 e. The molecule has 2 aliphatic heterocycles. The maximum Gasteiger partial charge on any atom is 0.267 e. The molecular weight excluding hydrogens is 420 g/mol. The summed E-state index contributed by atoms with van der Waals surface area (Å²) in [5.41, 5.74) is 0.853. The molecule has 1 saturated heterocycles. The first-order valence-electron chi connectivity index (χ1n) is 10.1. The fraction of sp³-hybridized carbons (Fsp3) is 0.318. The summed E-state index contributed by atoms with van der Waals surface area (Å²) in [6.07, 6.45) is -0.612. The Hall–Kier alpha value is -3.10. The van der Waals surface area contributed by atoms with E-state index in [0.717, 1.165) is 5.56 Å². The van der Waals surface area contributed by atoms with Gasteiger partial charge in [0, 0.05) is 36.8 Å². The predicted octanol–water partition coefficient (Wildman–Crippen LogP) is 2.87. The second-order valence-electron chi connectivity index (χ2n) is 7.48. The highest BCUT2D eigenvalue weighted by Gasteiger charge is 2.32. The fourth-order valence-electron chi connectivity index (χ4n) is 3.70. The van der Waals surface area contributed by atoms with Gasteiger partial charge < -0.3 is 18.9 Å². The van der Waals surface area contributed by atoms with Crippen molar-refractivity contribution in [2.24, 2.45) is 0 Å². The van der Waals surface area contributed by atoms with Crippen molar-refractivity contribution in [3.63, 3.8) is 0 Å². The Morgan fingerprint density at radius 1 is 1.03 bits per heavy atom. The lowest BCUT2D eigenvalue weighted by atomic mass is 10.2. The van der Waals surface area contributed by atoms with Crippen LogP contribution in [-0.4, -0.2) is 64.7 Å². The average molecular weight is 441 g/mol. The van der Waals surface area contributed by atoms with E-state index in [9.17, 15) is 4.79 Å². The van der Waals surface area contributed by atoms with Gasteiger partial charge in [-0.3, -0.25) is 9.69 Å². The SMILES string of the molecule is O=C(C1COc2ccccc2O1)N1CCN(Cc2nc(-c3ccc(Cl)cc3)no2)CC1. The van der Waals surface area contributed by atoms with Gasteiger partial charge in [0.1, 0.15) is 6.61 Å². The quantitative estimate of drug-likeness (QED) is 0.617. The molecule has 9 heteroatoms. The normalized spacial score (nSPS) is 18.7. The summed E-state index contributed by atoms with van der Waals surface area (Å²) >= 11 is 5.93. The number of halogens is 1. The molecular formula is C22H21ClN4O4. The molecule has 1 amide bonds. The Balaban J connectivity index is 1.14. The van der Waals surface area contributed by atoms with E-state index in [-0.39, 0.29) is 12.5 Å². The molecule has 1 atom stereocenters. The molecule has 0 N–H and O–H groups in total. The van der Waals surface area contributed by atoms with Crippen LogP contribution in [0.4, 0.5) is 0 Å². The molecule has 0 radical (unpaired) electrons. The number of para-hydroxylation sites is 2. The number of hydrogen-bond acceptors (Lipinski definition) is 7. The predicted molar refractivity (Wildman–Crippen MR) is 113 cm³/mol. The molecule has 0 saturated carbocycles. The Labute approximate surface area is 184 Å². The van der Waals surface area contributed by atoms with Crippen molar-refractivity contribution in [2.45, 2.75) is 12.6 Å². The lowest BCUT2D eigenvalue weighted by Crippen LogP contribution is -2.53. The number of nitrogens with zero attached hydrogens (tertiary/aromatic N) is 4. The molecule has 1 unspecified atom stereocenters. The molecule has 2 aromatic carbocycles. The number of carbonyl (C=O) groups excluding carboxylic acids is 1. The number of amides is 1. The highest BCUT2D eigenvalue weighted by atomic mass is 35.5. The lowest BCUT2D eigenvalue weighted by molar-refractivity contribution is -0.143. The van der Waals surface area contributed by atoms with Crippen molar-refractivity contribution in [2.75, 3.05) is 32.8 Å². The van der Waals surface area contributed by atoms with Gasteiger partial charge in [-0.25, -0.2) is 0 Å². The summed E-state index contributed by atoms with van der Waals surface area (Å²) in [6.45, 7) is 3.42. The van der Waals surface area contributed by atoms with Gasteiger partial charge in [0.05, 0.1) is 6.54 Å². The van der Waals surface area contributed by atoms with Gasteiger partial charge in [0.2, 0.25) is 17.8 Å². The van der Waals surface area contributed by atoms with Crippen LogP contribution < -0.4 is 9.47 Å². The van der Waals surface area contributed by atoms with Crippen LogP contribution in [0.3, 0.4) is 0 Å². The molecule has 3 aromatic rings. The molecule has 5 rings (SSSR count). The van der Waals surface area contributed by atoms with Gasteiger partial charge in [-0.2, -0.15) is 4.98 Å². The monoisotopic (exact) mass is 440 g/mol. The van der Waals surface area contributed by atoms with Crippen molar-refractivity contribution >= 4 is 17.5 Å². The first kappa shape index (κ1) is 19.8. The van der Waals surface area contributed by atoms with E-state index in [1.165, 1.54) is 0 Å². The number of rotatable bonds is 4. The maximum absolute atomic E-state index is 12.9. The summed E-state index contributed by atoms with van der Waals surface area (Å²) in [5, 5.41) is 4.71. The average Bonchev–Trinajstić information content (AvgIpc) is 3.27. The van der Waals surface area contributed by atoms with Crippen LogP contribution >= 0.6 is 11.6 Å². The highest BCUT2D eigenvalue weighted by molar-refractivity contribution is 6.30. The van der Waals surface area contributed by atoms with E-state index in [1.807, 2.05) is 41.3 Å². The van der Waals surface area contributed by atoms with E-state index in [2.05, 4.69) is 15.0 Å². The van der Waals surface area contributed by atoms with Gasteiger partial charge in [-0.1, -0.05) is 28.9 Å². The molecule has 8 nitrogen and oxygen atoms in total. The standard InChI is InChI=1S/C22H21ClN4O4/c23-16-7-5-15(6-8-16)21-24-20(31-25-21)13-26-9-11-27(12-10-26)22(28)19-14-29-17-3-1-2-4-18(17)30-19/h1-8,19H,9-14H2. The van der Waals surface area contributed by atoms with E-state index in [1.54, 1.807) is 12.1 Å². The fourth-order valence-corrected chi connectivity index (χ4v) is 3.82. The first-order chi connectivity index (χ1) is 15.2. The number of benzene rings is 2. The van der Waals surface area contributed by atoms with Gasteiger partial charge in [0.15, 0.2) is 11.5 Å². The van der Waals surface area contributed by atoms with Crippen molar-refractivity contribution in [1.29, 1.82) is 0 Å². The maximum atomic E-state index is 12.9. The Bertz CT molecular complexity index is 1060. The molecule has 2 aliphatic rings. The van der Waals surface area contributed by atoms with Crippen molar-refractivity contribution in [3.05, 3.63) is 59.4 Å². The third kappa shape index (κ3) is 4.35. The molecule has 0 spiro atoms.